The number of ether oxygens (including phenoxy) is 3. The fourth-order valence-corrected chi connectivity index (χ4v) is 3.01. The summed E-state index contributed by atoms with van der Waals surface area (Å²) in [6.07, 6.45) is 0. The molecule has 0 bridgehead atoms. The number of nitrogens with zero attached hydrogens (tertiary/aromatic N) is 1. The minimum atomic E-state index is -0.687. The molecular formula is C22H22N2O6. The summed E-state index contributed by atoms with van der Waals surface area (Å²) in [6, 6.07) is 14.1. The monoisotopic (exact) mass is 410 g/mol. The summed E-state index contributed by atoms with van der Waals surface area (Å²) in [5.74, 6) is -1.63. The Labute approximate surface area is 174 Å². The van der Waals surface area contributed by atoms with Crippen molar-refractivity contribution in [3.63, 3.8) is 0 Å². The lowest BCUT2D eigenvalue weighted by molar-refractivity contribution is -0.140. The molecule has 0 saturated heterocycles. The third-order valence-corrected chi connectivity index (χ3v) is 4.56. The molecule has 30 heavy (non-hydrogen) atoms. The fourth-order valence-electron chi connectivity index (χ4n) is 3.01. The molecule has 8 nitrogen and oxygen atoms in total. The van der Waals surface area contributed by atoms with Crippen molar-refractivity contribution < 1.29 is 28.6 Å². The summed E-state index contributed by atoms with van der Waals surface area (Å²) in [5.41, 5.74) is 2.74. The highest BCUT2D eigenvalue weighted by Gasteiger charge is 2.32. The number of nitrogens with one attached hydrogen (secondary N) is 1. The third-order valence-electron chi connectivity index (χ3n) is 4.56. The van der Waals surface area contributed by atoms with Crippen molar-refractivity contribution in [1.82, 2.24) is 0 Å². The zero-order valence-electron chi connectivity index (χ0n) is 16.9. The van der Waals surface area contributed by atoms with E-state index in [1.54, 1.807) is 36.4 Å². The van der Waals surface area contributed by atoms with Gasteiger partial charge in [-0.25, -0.2) is 9.59 Å². The summed E-state index contributed by atoms with van der Waals surface area (Å²) in [7, 11) is 2.46. The lowest BCUT2D eigenvalue weighted by atomic mass is 10.1. The van der Waals surface area contributed by atoms with E-state index in [2.05, 4.69) is 5.32 Å². The Morgan fingerprint density at radius 1 is 1.00 bits per heavy atom. The van der Waals surface area contributed by atoms with E-state index in [9.17, 15) is 14.4 Å². The van der Waals surface area contributed by atoms with Crippen LogP contribution in [0.15, 0.2) is 59.8 Å². The predicted molar refractivity (Wildman–Crippen MR) is 110 cm³/mol. The molecule has 0 aromatic heterocycles. The second kappa shape index (κ2) is 9.23. The summed E-state index contributed by atoms with van der Waals surface area (Å²) >= 11 is 0. The van der Waals surface area contributed by atoms with E-state index in [-0.39, 0.29) is 30.5 Å². The summed E-state index contributed by atoms with van der Waals surface area (Å²) in [6.45, 7) is 1.90. The first-order chi connectivity index (χ1) is 14.4. The molecule has 1 heterocycles. The maximum absolute atomic E-state index is 12.5. The number of methoxy groups -OCH3 is 2. The van der Waals surface area contributed by atoms with Crippen molar-refractivity contribution in [1.29, 1.82) is 0 Å². The molecular weight excluding hydrogens is 388 g/mol. The lowest BCUT2D eigenvalue weighted by Crippen LogP contribution is -2.38. The second-order valence-electron chi connectivity index (χ2n) is 6.59. The van der Waals surface area contributed by atoms with Gasteiger partial charge in [-0.2, -0.15) is 0 Å². The first-order valence-corrected chi connectivity index (χ1v) is 9.17. The van der Waals surface area contributed by atoms with E-state index in [4.69, 9.17) is 14.2 Å². The van der Waals surface area contributed by atoms with Gasteiger partial charge in [0.05, 0.1) is 26.4 Å². The van der Waals surface area contributed by atoms with Gasteiger partial charge in [-0.05, 0) is 37.3 Å². The first kappa shape index (κ1) is 21.1. The van der Waals surface area contributed by atoms with Crippen molar-refractivity contribution in [3.8, 4) is 0 Å². The van der Waals surface area contributed by atoms with Gasteiger partial charge in [0.2, 0.25) is 0 Å². The molecule has 8 heteroatoms. The van der Waals surface area contributed by atoms with E-state index in [1.807, 2.05) is 19.1 Å². The Bertz CT molecular complexity index is 997. The maximum Gasteiger partial charge on any atom is 0.355 e. The van der Waals surface area contributed by atoms with Crippen molar-refractivity contribution in [2.24, 2.45) is 0 Å². The fraction of sp³-hybridized carbons (Fsp3) is 0.227. The minimum absolute atomic E-state index is 0.0281. The highest BCUT2D eigenvalue weighted by molar-refractivity contribution is 6.05. The van der Waals surface area contributed by atoms with Crippen LogP contribution in [0.4, 0.5) is 11.4 Å². The normalized spacial score (nSPS) is 13.6. The third kappa shape index (κ3) is 4.49. The number of carbonyl (C=O) groups excluding carboxylic acids is 3. The zero-order chi connectivity index (χ0) is 21.7. The van der Waals surface area contributed by atoms with E-state index in [1.165, 1.54) is 19.1 Å². The SMILES string of the molecule is COC(=O)C1=C(C(=O)OC)N(c2cccc(NC(=O)c3ccc(C)cc3)c2)COC1. The standard InChI is InChI=1S/C22H22N2O6/c1-14-7-9-15(10-8-14)20(25)23-16-5-4-6-17(11-16)24-13-30-12-18(21(26)28-2)19(24)22(27)29-3/h4-11H,12-13H2,1-3H3,(H,23,25). The number of anilines is 2. The Morgan fingerprint density at radius 2 is 1.70 bits per heavy atom. The highest BCUT2D eigenvalue weighted by atomic mass is 16.5. The van der Waals surface area contributed by atoms with Gasteiger partial charge in [-0.3, -0.25) is 4.79 Å². The van der Waals surface area contributed by atoms with Crippen LogP contribution in [0, 0.1) is 6.92 Å². The van der Waals surface area contributed by atoms with E-state index >= 15 is 0 Å². The number of hydrogen-bond donors (Lipinski definition) is 1. The number of benzene rings is 2. The van der Waals surface area contributed by atoms with Crippen molar-refractivity contribution in [2.75, 3.05) is 37.8 Å². The topological polar surface area (TPSA) is 94.2 Å². The Hall–Kier alpha value is -3.65. The molecule has 0 saturated carbocycles. The van der Waals surface area contributed by atoms with Crippen LogP contribution in [0.25, 0.3) is 0 Å². The van der Waals surface area contributed by atoms with Gasteiger partial charge in [0.25, 0.3) is 5.91 Å². The average molecular weight is 410 g/mol. The molecule has 1 aliphatic rings. The Morgan fingerprint density at radius 3 is 2.37 bits per heavy atom. The summed E-state index contributed by atoms with van der Waals surface area (Å²) < 4.78 is 15.1. The predicted octanol–water partition coefficient (Wildman–Crippen LogP) is 2.64. The summed E-state index contributed by atoms with van der Waals surface area (Å²) in [4.78, 5) is 38.5. The largest absolute Gasteiger partial charge is 0.466 e. The van der Waals surface area contributed by atoms with Gasteiger partial charge >= 0.3 is 11.9 Å². The molecule has 1 N–H and O–H groups in total. The number of esters is 2. The van der Waals surface area contributed by atoms with Crippen LogP contribution < -0.4 is 10.2 Å². The van der Waals surface area contributed by atoms with Gasteiger partial charge in [0, 0.05) is 16.9 Å². The molecule has 2 aromatic carbocycles. The van der Waals surface area contributed by atoms with Crippen LogP contribution >= 0.6 is 0 Å². The van der Waals surface area contributed by atoms with Crippen LogP contribution in [0.3, 0.4) is 0 Å². The molecule has 0 atom stereocenters. The van der Waals surface area contributed by atoms with Crippen LogP contribution in [-0.4, -0.2) is 45.4 Å². The Balaban J connectivity index is 1.91. The molecule has 1 amide bonds. The molecule has 0 fully saturated rings. The van der Waals surface area contributed by atoms with Gasteiger partial charge < -0.3 is 24.4 Å². The van der Waals surface area contributed by atoms with E-state index in [0.717, 1.165) is 5.56 Å². The van der Waals surface area contributed by atoms with Crippen molar-refractivity contribution >= 4 is 29.2 Å². The highest BCUT2D eigenvalue weighted by Crippen LogP contribution is 2.28. The minimum Gasteiger partial charge on any atom is -0.466 e. The van der Waals surface area contributed by atoms with Crippen molar-refractivity contribution in [3.05, 3.63) is 70.9 Å². The van der Waals surface area contributed by atoms with Gasteiger partial charge in [-0.1, -0.05) is 23.8 Å². The van der Waals surface area contributed by atoms with Crippen LogP contribution in [0.1, 0.15) is 15.9 Å². The maximum atomic E-state index is 12.5. The molecule has 0 radical (unpaired) electrons. The molecule has 0 spiro atoms. The Kier molecular flexibility index (Phi) is 6.48. The van der Waals surface area contributed by atoms with Gasteiger partial charge in [0.15, 0.2) is 0 Å². The van der Waals surface area contributed by atoms with E-state index < -0.39 is 11.9 Å². The van der Waals surface area contributed by atoms with Crippen LogP contribution in [-0.2, 0) is 23.8 Å². The zero-order valence-corrected chi connectivity index (χ0v) is 16.9. The average Bonchev–Trinajstić information content (AvgIpc) is 2.78. The molecule has 0 aliphatic carbocycles. The lowest BCUT2D eigenvalue weighted by Gasteiger charge is -2.31. The molecule has 0 unspecified atom stereocenters. The second-order valence-corrected chi connectivity index (χ2v) is 6.59. The van der Waals surface area contributed by atoms with E-state index in [0.29, 0.717) is 16.9 Å². The first-order valence-electron chi connectivity index (χ1n) is 9.17. The number of carbonyl (C=O) groups is 3. The summed E-state index contributed by atoms with van der Waals surface area (Å²) in [5, 5.41) is 2.83. The molecule has 156 valence electrons. The quantitative estimate of drug-likeness (QED) is 0.758. The smallest absolute Gasteiger partial charge is 0.355 e. The number of amides is 1. The van der Waals surface area contributed by atoms with Gasteiger partial charge in [-0.15, -0.1) is 0 Å². The number of rotatable bonds is 5. The number of hydrogen-bond acceptors (Lipinski definition) is 7. The molecule has 3 rings (SSSR count). The van der Waals surface area contributed by atoms with Crippen LogP contribution in [0.5, 0.6) is 0 Å². The molecule has 2 aromatic rings. The van der Waals surface area contributed by atoms with Gasteiger partial charge in [0.1, 0.15) is 12.4 Å². The van der Waals surface area contributed by atoms with Crippen LogP contribution in [0.2, 0.25) is 0 Å². The van der Waals surface area contributed by atoms with Crippen molar-refractivity contribution in [2.45, 2.75) is 6.92 Å². The number of aryl methyl sites for hydroxylation is 1. The molecule has 1 aliphatic heterocycles.